The Balaban J connectivity index is 1.61. The minimum Gasteiger partial charge on any atom is -0.382 e. The fourth-order valence-electron chi connectivity index (χ4n) is 2.95. The summed E-state index contributed by atoms with van der Waals surface area (Å²) in [6.45, 7) is 3.96. The van der Waals surface area contributed by atoms with E-state index in [1.807, 2.05) is 12.1 Å². The Morgan fingerprint density at radius 3 is 2.45 bits per heavy atom. The maximum atomic E-state index is 13.5. The van der Waals surface area contributed by atoms with Gasteiger partial charge in [0.15, 0.2) is 0 Å². The van der Waals surface area contributed by atoms with Gasteiger partial charge < -0.3 is 5.32 Å². The molecule has 1 N–H and O–H groups in total. The van der Waals surface area contributed by atoms with Gasteiger partial charge in [-0.05, 0) is 61.4 Å². The van der Waals surface area contributed by atoms with Gasteiger partial charge in [-0.3, -0.25) is 0 Å². The van der Waals surface area contributed by atoms with E-state index in [1.54, 1.807) is 13.0 Å². The van der Waals surface area contributed by atoms with Crippen LogP contribution in [0.5, 0.6) is 0 Å². The Morgan fingerprint density at radius 1 is 1.00 bits per heavy atom. The maximum Gasteiger partial charge on any atom is 0.128 e. The summed E-state index contributed by atoms with van der Waals surface area (Å²) in [7, 11) is 0. The van der Waals surface area contributed by atoms with Crippen molar-refractivity contribution in [1.82, 2.24) is 0 Å². The zero-order valence-electron chi connectivity index (χ0n) is 12.0. The second-order valence-corrected chi connectivity index (χ2v) is 5.83. The number of hydrogen-bond donors (Lipinski definition) is 1. The minimum absolute atomic E-state index is 0.134. The summed E-state index contributed by atoms with van der Waals surface area (Å²) in [4.78, 5) is 0. The van der Waals surface area contributed by atoms with Gasteiger partial charge in [-0.25, -0.2) is 4.39 Å². The van der Waals surface area contributed by atoms with E-state index in [-0.39, 0.29) is 5.82 Å². The fourth-order valence-corrected chi connectivity index (χ4v) is 2.95. The molecule has 20 heavy (non-hydrogen) atoms. The summed E-state index contributed by atoms with van der Waals surface area (Å²) < 4.78 is 13.5. The third-order valence-electron chi connectivity index (χ3n) is 4.31. The predicted octanol–water partition coefficient (Wildman–Crippen LogP) is 4.80. The topological polar surface area (TPSA) is 12.0 Å². The molecule has 1 aliphatic carbocycles. The van der Waals surface area contributed by atoms with Gasteiger partial charge in [-0.2, -0.15) is 0 Å². The first-order chi connectivity index (χ1) is 9.63. The number of benzene rings is 2. The smallest absolute Gasteiger partial charge is 0.128 e. The molecule has 2 aromatic rings. The molecule has 0 heterocycles. The third kappa shape index (κ3) is 2.55. The molecule has 0 spiro atoms. The number of anilines is 1. The molecule has 0 atom stereocenters. The SMILES string of the molecule is Cc1ccc(NC2CC(c3ccccc3C)C2)cc1F. The molecule has 0 amide bonds. The largest absolute Gasteiger partial charge is 0.382 e. The van der Waals surface area contributed by atoms with Crippen LogP contribution in [0.15, 0.2) is 42.5 Å². The maximum absolute atomic E-state index is 13.5. The summed E-state index contributed by atoms with van der Waals surface area (Å²) in [5.41, 5.74) is 4.42. The molecule has 0 radical (unpaired) electrons. The van der Waals surface area contributed by atoms with E-state index in [2.05, 4.69) is 36.5 Å². The van der Waals surface area contributed by atoms with Crippen molar-refractivity contribution in [3.05, 3.63) is 65.0 Å². The molecule has 1 nitrogen and oxygen atoms in total. The van der Waals surface area contributed by atoms with Crippen LogP contribution in [0.3, 0.4) is 0 Å². The average molecular weight is 269 g/mol. The quantitative estimate of drug-likeness (QED) is 0.844. The molecule has 2 heteroatoms. The third-order valence-corrected chi connectivity index (χ3v) is 4.31. The van der Waals surface area contributed by atoms with Crippen molar-refractivity contribution < 1.29 is 4.39 Å². The number of hydrogen-bond acceptors (Lipinski definition) is 1. The molecule has 1 aliphatic rings. The number of nitrogens with one attached hydrogen (secondary N) is 1. The molecule has 3 rings (SSSR count). The molecule has 1 fully saturated rings. The monoisotopic (exact) mass is 269 g/mol. The number of aryl methyl sites for hydroxylation is 2. The summed E-state index contributed by atoms with van der Waals surface area (Å²) in [5.74, 6) is 0.508. The van der Waals surface area contributed by atoms with Crippen LogP contribution in [0.2, 0.25) is 0 Å². The zero-order chi connectivity index (χ0) is 14.1. The summed E-state index contributed by atoms with van der Waals surface area (Å²) in [6, 6.07) is 14.4. The summed E-state index contributed by atoms with van der Waals surface area (Å²) in [5, 5.41) is 3.43. The molecule has 2 aromatic carbocycles. The van der Waals surface area contributed by atoms with Gasteiger partial charge in [0.2, 0.25) is 0 Å². The van der Waals surface area contributed by atoms with Gasteiger partial charge in [0.05, 0.1) is 0 Å². The van der Waals surface area contributed by atoms with E-state index in [1.165, 1.54) is 11.1 Å². The Bertz CT molecular complexity index is 615. The van der Waals surface area contributed by atoms with E-state index < -0.39 is 0 Å². The Kier molecular flexibility index (Phi) is 3.47. The molecule has 0 saturated heterocycles. The summed E-state index contributed by atoms with van der Waals surface area (Å²) in [6.07, 6.45) is 2.25. The molecular weight excluding hydrogens is 249 g/mol. The first-order valence-electron chi connectivity index (χ1n) is 7.21. The Morgan fingerprint density at radius 2 is 1.75 bits per heavy atom. The van der Waals surface area contributed by atoms with Crippen LogP contribution < -0.4 is 5.32 Å². The van der Waals surface area contributed by atoms with Crippen molar-refractivity contribution in [2.75, 3.05) is 5.32 Å². The number of halogens is 1. The van der Waals surface area contributed by atoms with E-state index in [4.69, 9.17) is 0 Å². The molecule has 0 unspecified atom stereocenters. The molecular formula is C18H20FN. The first-order valence-corrected chi connectivity index (χ1v) is 7.21. The van der Waals surface area contributed by atoms with Crippen LogP contribution in [-0.2, 0) is 0 Å². The standard InChI is InChI=1S/C18H20FN/c1-12-5-3-4-6-17(12)14-9-16(10-14)20-15-8-7-13(2)18(19)11-15/h3-8,11,14,16,20H,9-10H2,1-2H3. The van der Waals surface area contributed by atoms with Crippen LogP contribution in [-0.4, -0.2) is 6.04 Å². The van der Waals surface area contributed by atoms with Gasteiger partial charge in [-0.1, -0.05) is 30.3 Å². The molecule has 0 aliphatic heterocycles. The second-order valence-electron chi connectivity index (χ2n) is 5.83. The molecule has 104 valence electrons. The van der Waals surface area contributed by atoms with Crippen molar-refractivity contribution in [2.45, 2.75) is 38.6 Å². The van der Waals surface area contributed by atoms with Crippen LogP contribution >= 0.6 is 0 Å². The van der Waals surface area contributed by atoms with Crippen molar-refractivity contribution in [3.63, 3.8) is 0 Å². The highest BCUT2D eigenvalue weighted by molar-refractivity contribution is 5.47. The van der Waals surface area contributed by atoms with Gasteiger partial charge >= 0.3 is 0 Å². The van der Waals surface area contributed by atoms with Crippen LogP contribution in [0.4, 0.5) is 10.1 Å². The van der Waals surface area contributed by atoms with Gasteiger partial charge in [0, 0.05) is 11.7 Å². The van der Waals surface area contributed by atoms with Crippen molar-refractivity contribution in [2.24, 2.45) is 0 Å². The van der Waals surface area contributed by atoms with Gasteiger partial charge in [-0.15, -0.1) is 0 Å². The van der Waals surface area contributed by atoms with E-state index >= 15 is 0 Å². The first kappa shape index (κ1) is 13.2. The predicted molar refractivity (Wildman–Crippen MR) is 81.7 cm³/mol. The molecule has 1 saturated carbocycles. The zero-order valence-corrected chi connectivity index (χ0v) is 12.0. The lowest BCUT2D eigenvalue weighted by molar-refractivity contribution is 0.373. The van der Waals surface area contributed by atoms with Crippen molar-refractivity contribution in [3.8, 4) is 0 Å². The van der Waals surface area contributed by atoms with Crippen LogP contribution in [0, 0.1) is 19.7 Å². The average Bonchev–Trinajstić information content (AvgIpc) is 2.39. The Hall–Kier alpha value is -1.83. The van der Waals surface area contributed by atoms with E-state index in [0.29, 0.717) is 17.5 Å². The van der Waals surface area contributed by atoms with Crippen LogP contribution in [0.25, 0.3) is 0 Å². The normalized spacial score (nSPS) is 21.4. The minimum atomic E-state index is -0.134. The highest BCUT2D eigenvalue weighted by atomic mass is 19.1. The van der Waals surface area contributed by atoms with Gasteiger partial charge in [0.1, 0.15) is 5.82 Å². The molecule has 0 bridgehead atoms. The Labute approximate surface area is 119 Å². The van der Waals surface area contributed by atoms with Gasteiger partial charge in [0.25, 0.3) is 0 Å². The molecule has 0 aromatic heterocycles. The van der Waals surface area contributed by atoms with Crippen molar-refractivity contribution in [1.29, 1.82) is 0 Å². The van der Waals surface area contributed by atoms with E-state index in [9.17, 15) is 4.39 Å². The van der Waals surface area contributed by atoms with E-state index in [0.717, 1.165) is 18.5 Å². The second kappa shape index (κ2) is 5.28. The van der Waals surface area contributed by atoms with Crippen LogP contribution in [0.1, 0.15) is 35.4 Å². The summed E-state index contributed by atoms with van der Waals surface area (Å²) >= 11 is 0. The lowest BCUT2D eigenvalue weighted by Crippen LogP contribution is -2.34. The fraction of sp³-hybridized carbons (Fsp3) is 0.333. The number of rotatable bonds is 3. The lowest BCUT2D eigenvalue weighted by Gasteiger charge is -2.37. The highest BCUT2D eigenvalue weighted by Gasteiger charge is 2.30. The highest BCUT2D eigenvalue weighted by Crippen LogP contribution is 2.39. The lowest BCUT2D eigenvalue weighted by atomic mass is 9.74. The van der Waals surface area contributed by atoms with Crippen molar-refractivity contribution >= 4 is 5.69 Å².